The van der Waals surface area contributed by atoms with Crippen LogP contribution in [0, 0.1) is 12.8 Å². The summed E-state index contributed by atoms with van der Waals surface area (Å²) in [5, 5.41) is 7.91. The number of benzene rings is 1. The number of nitrogens with zero attached hydrogens (tertiary/aromatic N) is 4. The number of nitrogen functional groups attached to an aromatic ring is 1. The van der Waals surface area contributed by atoms with Crippen LogP contribution in [0.25, 0.3) is 11.4 Å². The molecule has 0 bridgehead atoms. The van der Waals surface area contributed by atoms with Crippen molar-refractivity contribution in [3.8, 4) is 11.4 Å². The second-order valence-electron chi connectivity index (χ2n) is 10.5. The van der Waals surface area contributed by atoms with Gasteiger partial charge in [-0.3, -0.25) is 4.79 Å². The Labute approximate surface area is 223 Å². The Morgan fingerprint density at radius 1 is 1.14 bits per heavy atom. The van der Waals surface area contributed by atoms with Crippen LogP contribution in [0.5, 0.6) is 0 Å². The lowest BCUT2D eigenvalue weighted by molar-refractivity contribution is 0.0918. The largest absolute Gasteiger partial charge is 0.375 e. The summed E-state index contributed by atoms with van der Waals surface area (Å²) in [4.78, 5) is 25.7. The van der Waals surface area contributed by atoms with Crippen LogP contribution in [0.3, 0.4) is 0 Å². The maximum Gasteiger partial charge on any atom is 0.251 e. The molecule has 1 fully saturated rings. The quantitative estimate of drug-likeness (QED) is 0.405. The highest BCUT2D eigenvalue weighted by Crippen LogP contribution is 2.32. The number of fused-ring (bicyclic) bond motifs is 1. The summed E-state index contributed by atoms with van der Waals surface area (Å²) in [6.07, 6.45) is 10.2. The molecule has 0 aliphatic heterocycles. The molecule has 1 atom stereocenters. The van der Waals surface area contributed by atoms with E-state index >= 15 is 0 Å². The van der Waals surface area contributed by atoms with Gasteiger partial charge in [-0.15, -0.1) is 11.3 Å². The number of anilines is 1. The summed E-state index contributed by atoms with van der Waals surface area (Å²) in [6.45, 7) is 6.36. The van der Waals surface area contributed by atoms with Gasteiger partial charge in [0.15, 0.2) is 5.13 Å². The first-order chi connectivity index (χ1) is 18.0. The summed E-state index contributed by atoms with van der Waals surface area (Å²) in [7, 11) is 0. The molecule has 1 saturated carbocycles. The minimum atomic E-state index is -0.00575. The standard InChI is InChI=1S/C28H38N6O2S/c1-3-15-34(23-12-13-24-25(17-23)37-28(29)32-24)16-14-19-4-10-22(11-5-19)31-27(35)21-8-6-20(7-9-21)26-30-18(2)36-33-26/h6-9,19,22-23H,3-5,10-17H2,1-2H3,(H2,29,32)(H,31,35)/t19-,22-,23-/m0/s1. The second-order valence-corrected chi connectivity index (χ2v) is 11.7. The lowest BCUT2D eigenvalue weighted by atomic mass is 9.83. The van der Waals surface area contributed by atoms with Gasteiger partial charge in [-0.05, 0) is 88.9 Å². The number of thiazole rings is 1. The number of hydrogen-bond donors (Lipinski definition) is 2. The predicted molar refractivity (Wildman–Crippen MR) is 147 cm³/mol. The van der Waals surface area contributed by atoms with Gasteiger partial charge in [-0.25, -0.2) is 4.98 Å². The number of aromatic nitrogens is 3. The molecular weight excluding hydrogens is 484 g/mol. The Kier molecular flexibility index (Phi) is 8.20. The SMILES string of the molecule is CCCN(CC[C@H]1CC[C@H](NC(=O)c2ccc(-c3noc(C)n3)cc2)CC1)[C@H]1CCc2nc(N)sc2C1. The summed E-state index contributed by atoms with van der Waals surface area (Å²) in [5.74, 6) is 1.80. The number of nitrogens with one attached hydrogen (secondary N) is 1. The van der Waals surface area contributed by atoms with Crippen molar-refractivity contribution in [1.29, 1.82) is 0 Å². The maximum atomic E-state index is 12.8. The number of amides is 1. The van der Waals surface area contributed by atoms with Gasteiger partial charge in [0.05, 0.1) is 5.69 Å². The van der Waals surface area contributed by atoms with Crippen LogP contribution < -0.4 is 11.1 Å². The molecule has 37 heavy (non-hydrogen) atoms. The molecule has 2 aliphatic rings. The van der Waals surface area contributed by atoms with E-state index in [9.17, 15) is 4.79 Å². The Morgan fingerprint density at radius 2 is 1.92 bits per heavy atom. The van der Waals surface area contributed by atoms with Crippen molar-refractivity contribution < 1.29 is 9.32 Å². The van der Waals surface area contributed by atoms with E-state index < -0.39 is 0 Å². The van der Waals surface area contributed by atoms with E-state index in [0.29, 0.717) is 28.5 Å². The number of carbonyl (C=O) groups is 1. The van der Waals surface area contributed by atoms with Crippen molar-refractivity contribution in [3.05, 3.63) is 46.3 Å². The third-order valence-electron chi connectivity index (χ3n) is 7.90. The molecule has 3 aromatic rings. The minimum absolute atomic E-state index is 0.00575. The maximum absolute atomic E-state index is 12.8. The first kappa shape index (κ1) is 25.9. The van der Waals surface area contributed by atoms with Crippen molar-refractivity contribution in [2.45, 2.75) is 83.7 Å². The molecule has 2 aliphatic carbocycles. The van der Waals surface area contributed by atoms with E-state index in [-0.39, 0.29) is 11.9 Å². The third kappa shape index (κ3) is 6.38. The van der Waals surface area contributed by atoms with Gasteiger partial charge >= 0.3 is 0 Å². The Bertz CT molecular complexity index is 1180. The van der Waals surface area contributed by atoms with Gasteiger partial charge in [0, 0.05) is 35.0 Å². The highest BCUT2D eigenvalue weighted by Gasteiger charge is 2.28. The number of hydrogen-bond acceptors (Lipinski definition) is 8. The molecule has 8 nitrogen and oxygen atoms in total. The topological polar surface area (TPSA) is 110 Å². The number of nitrogens with two attached hydrogens (primary N) is 1. The molecule has 1 amide bonds. The molecule has 5 rings (SSSR count). The van der Waals surface area contributed by atoms with Crippen LogP contribution in [0.1, 0.15) is 78.7 Å². The van der Waals surface area contributed by atoms with Gasteiger partial charge in [0.25, 0.3) is 5.91 Å². The first-order valence-corrected chi connectivity index (χ1v) is 14.5. The smallest absolute Gasteiger partial charge is 0.251 e. The zero-order valence-corrected chi connectivity index (χ0v) is 22.7. The Morgan fingerprint density at radius 3 is 2.62 bits per heavy atom. The fourth-order valence-electron chi connectivity index (χ4n) is 5.85. The van der Waals surface area contributed by atoms with Crippen molar-refractivity contribution in [3.63, 3.8) is 0 Å². The average Bonchev–Trinajstić information content (AvgIpc) is 3.51. The van der Waals surface area contributed by atoms with Gasteiger partial charge in [-0.2, -0.15) is 4.98 Å². The first-order valence-electron chi connectivity index (χ1n) is 13.7. The van der Waals surface area contributed by atoms with Gasteiger partial charge < -0.3 is 20.5 Å². The lowest BCUT2D eigenvalue weighted by Gasteiger charge is -2.36. The molecule has 0 radical (unpaired) electrons. The van der Waals surface area contributed by atoms with Crippen LogP contribution in [0.2, 0.25) is 0 Å². The highest BCUT2D eigenvalue weighted by atomic mass is 32.1. The highest BCUT2D eigenvalue weighted by molar-refractivity contribution is 7.15. The van der Waals surface area contributed by atoms with E-state index in [0.717, 1.165) is 50.3 Å². The summed E-state index contributed by atoms with van der Waals surface area (Å²) >= 11 is 1.68. The molecule has 0 spiro atoms. The van der Waals surface area contributed by atoms with Crippen LogP contribution in [0.15, 0.2) is 28.8 Å². The number of aryl methyl sites for hydroxylation is 2. The molecule has 0 saturated heterocycles. The van der Waals surface area contributed by atoms with Gasteiger partial charge in [-0.1, -0.05) is 24.2 Å². The summed E-state index contributed by atoms with van der Waals surface area (Å²) in [5.41, 5.74) is 8.70. The average molecular weight is 523 g/mol. The number of carbonyl (C=O) groups excluding carboxylic acids is 1. The van der Waals surface area contributed by atoms with E-state index in [4.69, 9.17) is 10.3 Å². The Balaban J connectivity index is 1.07. The molecular formula is C28H38N6O2S. The van der Waals surface area contributed by atoms with Crippen LogP contribution in [-0.4, -0.2) is 51.1 Å². The van der Waals surface area contributed by atoms with Crippen molar-refractivity contribution >= 4 is 22.4 Å². The Hall–Kier alpha value is -2.78. The van der Waals surface area contributed by atoms with Crippen molar-refractivity contribution in [1.82, 2.24) is 25.3 Å². The molecule has 9 heteroatoms. The molecule has 198 valence electrons. The summed E-state index contributed by atoms with van der Waals surface area (Å²) in [6, 6.07) is 8.27. The van der Waals surface area contributed by atoms with E-state index in [1.54, 1.807) is 18.3 Å². The molecule has 0 unspecified atom stereocenters. The molecule has 2 aromatic heterocycles. The van der Waals surface area contributed by atoms with Crippen molar-refractivity contribution in [2.75, 3.05) is 18.8 Å². The fraction of sp³-hybridized carbons (Fsp3) is 0.571. The normalized spacial score (nSPS) is 21.6. The van der Waals surface area contributed by atoms with Crippen LogP contribution in [0.4, 0.5) is 5.13 Å². The fourth-order valence-corrected chi connectivity index (χ4v) is 6.80. The third-order valence-corrected chi connectivity index (χ3v) is 8.85. The van der Waals surface area contributed by atoms with Gasteiger partial charge in [0.1, 0.15) is 0 Å². The van der Waals surface area contributed by atoms with Gasteiger partial charge in [0.2, 0.25) is 11.7 Å². The predicted octanol–water partition coefficient (Wildman–Crippen LogP) is 5.03. The van der Waals surface area contributed by atoms with E-state index in [1.807, 2.05) is 24.3 Å². The van der Waals surface area contributed by atoms with Crippen LogP contribution in [-0.2, 0) is 12.8 Å². The summed E-state index contributed by atoms with van der Waals surface area (Å²) < 4.78 is 5.04. The molecule has 2 heterocycles. The van der Waals surface area contributed by atoms with E-state index in [2.05, 4.69) is 32.3 Å². The zero-order chi connectivity index (χ0) is 25.8. The second kappa shape index (κ2) is 11.7. The minimum Gasteiger partial charge on any atom is -0.375 e. The lowest BCUT2D eigenvalue weighted by Crippen LogP contribution is -2.41. The zero-order valence-electron chi connectivity index (χ0n) is 21.9. The molecule has 3 N–H and O–H groups in total. The van der Waals surface area contributed by atoms with E-state index in [1.165, 1.54) is 42.7 Å². The number of rotatable bonds is 9. The molecule has 1 aromatic carbocycles. The van der Waals surface area contributed by atoms with Crippen molar-refractivity contribution in [2.24, 2.45) is 5.92 Å². The monoisotopic (exact) mass is 522 g/mol. The van der Waals surface area contributed by atoms with Crippen LogP contribution >= 0.6 is 11.3 Å².